The Labute approximate surface area is 120 Å². The molecule has 4 heteroatoms. The summed E-state index contributed by atoms with van der Waals surface area (Å²) in [4.78, 5) is 0. The lowest BCUT2D eigenvalue weighted by molar-refractivity contribution is 0.0460. The normalized spacial score (nSPS) is 14.1. The number of nitrogens with two attached hydrogens (primary N) is 1. The van der Waals surface area contributed by atoms with E-state index >= 15 is 0 Å². The Morgan fingerprint density at radius 3 is 2.47 bits per heavy atom. The highest BCUT2D eigenvalue weighted by Gasteiger charge is 2.28. The maximum absolute atomic E-state index is 13.3. The second-order valence-electron chi connectivity index (χ2n) is 4.51. The summed E-state index contributed by atoms with van der Waals surface area (Å²) >= 11 is 3.37. The van der Waals surface area contributed by atoms with Gasteiger partial charge in [0.05, 0.1) is 0 Å². The van der Waals surface area contributed by atoms with Gasteiger partial charge in [-0.1, -0.05) is 46.3 Å². The standard InChI is InChI=1S/C15H15BrFNO/c16-14-7-6-13(17)8-11(14)9-15(19,10-18)12-4-2-1-3-5-12/h1-8,19H,9-10,18H2. The lowest BCUT2D eigenvalue weighted by Crippen LogP contribution is -2.37. The molecule has 0 spiro atoms. The summed E-state index contributed by atoms with van der Waals surface area (Å²) in [6, 6.07) is 13.6. The van der Waals surface area contributed by atoms with Crippen molar-refractivity contribution in [1.29, 1.82) is 0 Å². The van der Waals surface area contributed by atoms with E-state index in [0.717, 1.165) is 10.0 Å². The topological polar surface area (TPSA) is 46.2 Å². The van der Waals surface area contributed by atoms with Crippen molar-refractivity contribution in [2.45, 2.75) is 12.0 Å². The van der Waals surface area contributed by atoms with Gasteiger partial charge in [-0.3, -0.25) is 0 Å². The molecule has 0 saturated carbocycles. The van der Waals surface area contributed by atoms with Crippen LogP contribution >= 0.6 is 15.9 Å². The minimum atomic E-state index is -1.20. The third kappa shape index (κ3) is 3.21. The Hall–Kier alpha value is -1.23. The van der Waals surface area contributed by atoms with Gasteiger partial charge >= 0.3 is 0 Å². The summed E-state index contributed by atoms with van der Waals surface area (Å²) in [7, 11) is 0. The molecule has 100 valence electrons. The van der Waals surface area contributed by atoms with Gasteiger partial charge in [0.25, 0.3) is 0 Å². The molecule has 2 nitrogen and oxygen atoms in total. The predicted octanol–water partition coefficient (Wildman–Crippen LogP) is 2.98. The molecular weight excluding hydrogens is 309 g/mol. The molecule has 0 aromatic heterocycles. The van der Waals surface area contributed by atoms with Crippen LogP contribution in [0, 0.1) is 5.82 Å². The molecule has 3 N–H and O–H groups in total. The van der Waals surface area contributed by atoms with Crippen LogP contribution in [0.5, 0.6) is 0 Å². The van der Waals surface area contributed by atoms with E-state index in [1.54, 1.807) is 6.07 Å². The first-order valence-corrected chi connectivity index (χ1v) is 6.76. The molecule has 0 fully saturated rings. The Bertz CT molecular complexity index is 561. The minimum absolute atomic E-state index is 0.0694. The third-order valence-electron chi connectivity index (χ3n) is 3.14. The zero-order valence-corrected chi connectivity index (χ0v) is 11.9. The van der Waals surface area contributed by atoms with Crippen LogP contribution in [0.3, 0.4) is 0 Å². The van der Waals surface area contributed by atoms with E-state index in [1.807, 2.05) is 30.3 Å². The van der Waals surface area contributed by atoms with Crippen molar-refractivity contribution in [2.75, 3.05) is 6.54 Å². The second kappa shape index (κ2) is 5.82. The van der Waals surface area contributed by atoms with Crippen LogP contribution in [0.1, 0.15) is 11.1 Å². The van der Waals surface area contributed by atoms with Gasteiger partial charge in [0.2, 0.25) is 0 Å². The highest BCUT2D eigenvalue weighted by molar-refractivity contribution is 9.10. The fourth-order valence-corrected chi connectivity index (χ4v) is 2.42. The lowest BCUT2D eigenvalue weighted by Gasteiger charge is -2.27. The molecule has 0 aliphatic heterocycles. The van der Waals surface area contributed by atoms with Gasteiger partial charge in [-0.25, -0.2) is 4.39 Å². The largest absolute Gasteiger partial charge is 0.383 e. The van der Waals surface area contributed by atoms with E-state index in [-0.39, 0.29) is 18.8 Å². The van der Waals surface area contributed by atoms with Crippen LogP contribution in [-0.4, -0.2) is 11.7 Å². The van der Waals surface area contributed by atoms with E-state index in [4.69, 9.17) is 5.73 Å². The SMILES string of the molecule is NCC(O)(Cc1cc(F)ccc1Br)c1ccccc1. The molecule has 2 aromatic rings. The molecule has 1 unspecified atom stereocenters. The van der Waals surface area contributed by atoms with Crippen molar-refractivity contribution < 1.29 is 9.50 Å². The third-order valence-corrected chi connectivity index (χ3v) is 3.91. The van der Waals surface area contributed by atoms with Gasteiger partial charge in [-0.2, -0.15) is 0 Å². The molecule has 0 amide bonds. The molecular formula is C15H15BrFNO. The summed E-state index contributed by atoms with van der Waals surface area (Å²) in [5, 5.41) is 10.7. The van der Waals surface area contributed by atoms with Crippen molar-refractivity contribution in [2.24, 2.45) is 5.73 Å². The van der Waals surface area contributed by atoms with E-state index in [2.05, 4.69) is 15.9 Å². The molecule has 0 radical (unpaired) electrons. The van der Waals surface area contributed by atoms with Crippen LogP contribution in [-0.2, 0) is 12.0 Å². The van der Waals surface area contributed by atoms with Crippen LogP contribution < -0.4 is 5.73 Å². The van der Waals surface area contributed by atoms with Crippen LogP contribution in [0.25, 0.3) is 0 Å². The zero-order valence-electron chi connectivity index (χ0n) is 10.3. The van der Waals surface area contributed by atoms with Crippen molar-refractivity contribution in [3.8, 4) is 0 Å². The fourth-order valence-electron chi connectivity index (χ4n) is 2.03. The van der Waals surface area contributed by atoms with Gasteiger partial charge < -0.3 is 10.8 Å². The second-order valence-corrected chi connectivity index (χ2v) is 5.37. The van der Waals surface area contributed by atoms with Crippen molar-refractivity contribution >= 4 is 15.9 Å². The number of hydrogen-bond acceptors (Lipinski definition) is 2. The first kappa shape index (κ1) is 14.2. The molecule has 0 aliphatic rings. The van der Waals surface area contributed by atoms with Crippen LogP contribution in [0.15, 0.2) is 53.0 Å². The average molecular weight is 324 g/mol. The van der Waals surface area contributed by atoms with Gasteiger partial charge in [-0.05, 0) is 29.3 Å². The summed E-state index contributed by atoms with van der Waals surface area (Å²) in [5.41, 5.74) is 5.94. The minimum Gasteiger partial charge on any atom is -0.383 e. The highest BCUT2D eigenvalue weighted by atomic mass is 79.9. The Kier molecular flexibility index (Phi) is 4.34. The average Bonchev–Trinajstić information content (AvgIpc) is 2.44. The number of aliphatic hydroxyl groups is 1. The van der Waals surface area contributed by atoms with Gasteiger partial charge in [0.15, 0.2) is 0 Å². The lowest BCUT2D eigenvalue weighted by atomic mass is 9.87. The fraction of sp³-hybridized carbons (Fsp3) is 0.200. The van der Waals surface area contributed by atoms with Crippen molar-refractivity contribution in [3.63, 3.8) is 0 Å². The number of rotatable bonds is 4. The highest BCUT2D eigenvalue weighted by Crippen LogP contribution is 2.28. The Morgan fingerprint density at radius 2 is 1.84 bits per heavy atom. The zero-order chi connectivity index (χ0) is 13.9. The molecule has 0 bridgehead atoms. The molecule has 2 rings (SSSR count). The number of benzene rings is 2. The summed E-state index contributed by atoms with van der Waals surface area (Å²) in [6.07, 6.45) is 0.256. The molecule has 0 saturated heterocycles. The predicted molar refractivity (Wildman–Crippen MR) is 77.2 cm³/mol. The van der Waals surface area contributed by atoms with Gasteiger partial charge in [0, 0.05) is 17.4 Å². The number of hydrogen-bond donors (Lipinski definition) is 2. The smallest absolute Gasteiger partial charge is 0.123 e. The Balaban J connectivity index is 2.36. The quantitative estimate of drug-likeness (QED) is 0.908. The molecule has 0 heterocycles. The number of halogens is 2. The van der Waals surface area contributed by atoms with Crippen LogP contribution in [0.4, 0.5) is 4.39 Å². The molecule has 1 atom stereocenters. The van der Waals surface area contributed by atoms with Gasteiger partial charge in [-0.15, -0.1) is 0 Å². The van der Waals surface area contributed by atoms with E-state index in [1.165, 1.54) is 12.1 Å². The summed E-state index contributed by atoms with van der Waals surface area (Å²) in [6.45, 7) is 0.0694. The molecule has 2 aromatic carbocycles. The van der Waals surface area contributed by atoms with E-state index in [0.29, 0.717) is 5.56 Å². The van der Waals surface area contributed by atoms with Crippen molar-refractivity contribution in [1.82, 2.24) is 0 Å². The first-order chi connectivity index (χ1) is 9.05. The van der Waals surface area contributed by atoms with E-state index < -0.39 is 5.60 Å². The van der Waals surface area contributed by atoms with Gasteiger partial charge in [0.1, 0.15) is 11.4 Å². The first-order valence-electron chi connectivity index (χ1n) is 5.97. The maximum atomic E-state index is 13.3. The van der Waals surface area contributed by atoms with E-state index in [9.17, 15) is 9.50 Å². The van der Waals surface area contributed by atoms with Crippen LogP contribution in [0.2, 0.25) is 0 Å². The van der Waals surface area contributed by atoms with Crippen molar-refractivity contribution in [3.05, 3.63) is 69.9 Å². The summed E-state index contributed by atoms with van der Waals surface area (Å²) < 4.78 is 14.1. The maximum Gasteiger partial charge on any atom is 0.123 e. The molecule has 0 aliphatic carbocycles. The Morgan fingerprint density at radius 1 is 1.16 bits per heavy atom. The molecule has 19 heavy (non-hydrogen) atoms. The summed E-state index contributed by atoms with van der Waals surface area (Å²) in [5.74, 6) is -0.328. The monoisotopic (exact) mass is 323 g/mol.